The Labute approximate surface area is 119 Å². The highest BCUT2D eigenvalue weighted by Gasteiger charge is 2.24. The van der Waals surface area contributed by atoms with Crippen LogP contribution in [-0.4, -0.2) is 25.8 Å². The number of nitrogens with two attached hydrogens (primary N) is 1. The Morgan fingerprint density at radius 1 is 1.47 bits per heavy atom. The van der Waals surface area contributed by atoms with Crippen molar-refractivity contribution in [2.45, 2.75) is 25.2 Å². The molecule has 0 aliphatic carbocycles. The minimum atomic E-state index is -3.66. The van der Waals surface area contributed by atoms with Gasteiger partial charge in [-0.05, 0) is 31.0 Å². The molecule has 4 nitrogen and oxygen atoms in total. The molecule has 1 aromatic rings. The van der Waals surface area contributed by atoms with Crippen LogP contribution in [0.1, 0.15) is 18.9 Å². The van der Waals surface area contributed by atoms with Crippen molar-refractivity contribution in [3.8, 4) is 12.3 Å². The zero-order valence-corrected chi connectivity index (χ0v) is 12.6. The fourth-order valence-electron chi connectivity index (χ4n) is 1.61. The third-order valence-corrected chi connectivity index (χ3v) is 4.95. The molecule has 0 saturated heterocycles. The second-order valence-corrected chi connectivity index (χ2v) is 6.51. The van der Waals surface area contributed by atoms with E-state index in [0.29, 0.717) is 29.2 Å². The van der Waals surface area contributed by atoms with E-state index in [4.69, 9.17) is 23.8 Å². The largest absolute Gasteiger partial charge is 0.398 e. The average Bonchev–Trinajstić information content (AvgIpc) is 2.35. The van der Waals surface area contributed by atoms with Crippen LogP contribution in [0, 0.1) is 19.3 Å². The Hall–Kier alpha value is -1.22. The molecule has 104 valence electrons. The predicted molar refractivity (Wildman–Crippen MR) is 78.5 cm³/mol. The van der Waals surface area contributed by atoms with Gasteiger partial charge in [0, 0.05) is 17.3 Å². The molecule has 2 N–H and O–H groups in total. The highest BCUT2D eigenvalue weighted by molar-refractivity contribution is 7.89. The van der Waals surface area contributed by atoms with Crippen molar-refractivity contribution in [1.29, 1.82) is 0 Å². The molecule has 1 rings (SSSR count). The van der Waals surface area contributed by atoms with E-state index in [2.05, 4.69) is 5.92 Å². The van der Waals surface area contributed by atoms with Crippen LogP contribution >= 0.6 is 11.6 Å². The predicted octanol–water partition coefficient (Wildman–Crippen LogP) is 2.26. The first-order valence-electron chi connectivity index (χ1n) is 5.83. The summed E-state index contributed by atoms with van der Waals surface area (Å²) in [4.78, 5) is 0.0734. The van der Waals surface area contributed by atoms with Crippen LogP contribution in [-0.2, 0) is 10.0 Å². The molecule has 0 aromatic heterocycles. The lowest BCUT2D eigenvalue weighted by Crippen LogP contribution is -2.32. The normalized spacial score (nSPS) is 11.5. The summed E-state index contributed by atoms with van der Waals surface area (Å²) in [5.74, 6) is 2.35. The fourth-order valence-corrected chi connectivity index (χ4v) is 3.41. The maximum absolute atomic E-state index is 12.4. The van der Waals surface area contributed by atoms with Crippen molar-refractivity contribution in [1.82, 2.24) is 4.31 Å². The van der Waals surface area contributed by atoms with E-state index >= 15 is 0 Å². The van der Waals surface area contributed by atoms with Gasteiger partial charge in [0.25, 0.3) is 0 Å². The monoisotopic (exact) mass is 300 g/mol. The summed E-state index contributed by atoms with van der Waals surface area (Å²) in [6, 6.07) is 2.82. The molecule has 0 amide bonds. The SMILES string of the molecule is C#CCN(CCC)S(=O)(=O)c1cc(N)c(C)c(Cl)c1. The maximum Gasteiger partial charge on any atom is 0.244 e. The van der Waals surface area contributed by atoms with E-state index in [9.17, 15) is 8.42 Å². The van der Waals surface area contributed by atoms with Gasteiger partial charge in [-0.15, -0.1) is 6.42 Å². The Morgan fingerprint density at radius 2 is 2.11 bits per heavy atom. The van der Waals surface area contributed by atoms with Crippen molar-refractivity contribution < 1.29 is 8.42 Å². The molecule has 0 atom stereocenters. The van der Waals surface area contributed by atoms with E-state index in [1.54, 1.807) is 6.92 Å². The molecule has 19 heavy (non-hydrogen) atoms. The molecule has 0 fully saturated rings. The number of benzene rings is 1. The van der Waals surface area contributed by atoms with Gasteiger partial charge >= 0.3 is 0 Å². The lowest BCUT2D eigenvalue weighted by atomic mass is 10.2. The first-order valence-corrected chi connectivity index (χ1v) is 7.65. The first kappa shape index (κ1) is 15.8. The van der Waals surface area contributed by atoms with E-state index < -0.39 is 10.0 Å². The van der Waals surface area contributed by atoms with Crippen LogP contribution < -0.4 is 5.73 Å². The molecule has 0 bridgehead atoms. The third-order valence-electron chi connectivity index (χ3n) is 2.74. The molecular formula is C13H17ClN2O2S. The van der Waals surface area contributed by atoms with Gasteiger partial charge in [-0.25, -0.2) is 8.42 Å². The summed E-state index contributed by atoms with van der Waals surface area (Å²) in [6.45, 7) is 4.01. The number of halogens is 1. The topological polar surface area (TPSA) is 63.4 Å². The van der Waals surface area contributed by atoms with Crippen molar-refractivity contribution in [2.75, 3.05) is 18.8 Å². The fraction of sp³-hybridized carbons (Fsp3) is 0.385. The summed E-state index contributed by atoms with van der Waals surface area (Å²) in [5, 5.41) is 0.329. The van der Waals surface area contributed by atoms with Gasteiger partial charge in [-0.3, -0.25) is 0 Å². The Bertz CT molecular complexity index is 583. The van der Waals surface area contributed by atoms with Crippen molar-refractivity contribution in [3.63, 3.8) is 0 Å². The molecule has 0 heterocycles. The minimum absolute atomic E-state index is 0.0293. The molecule has 0 aliphatic rings. The Kier molecular flexibility index (Phi) is 5.24. The number of hydrogen-bond acceptors (Lipinski definition) is 3. The van der Waals surface area contributed by atoms with Crippen LogP contribution in [0.15, 0.2) is 17.0 Å². The van der Waals surface area contributed by atoms with Gasteiger partial charge < -0.3 is 5.73 Å². The van der Waals surface area contributed by atoms with Gasteiger partial charge in [0.15, 0.2) is 0 Å². The third kappa shape index (κ3) is 3.41. The number of nitrogens with zero attached hydrogens (tertiary/aromatic N) is 1. The molecule has 0 unspecified atom stereocenters. The summed E-state index contributed by atoms with van der Waals surface area (Å²) in [6.07, 6.45) is 5.89. The second kappa shape index (κ2) is 6.29. The average molecular weight is 301 g/mol. The number of anilines is 1. The first-order chi connectivity index (χ1) is 8.84. The molecule has 0 aliphatic heterocycles. The zero-order chi connectivity index (χ0) is 14.6. The summed E-state index contributed by atoms with van der Waals surface area (Å²) >= 11 is 5.98. The number of sulfonamides is 1. The smallest absolute Gasteiger partial charge is 0.244 e. The van der Waals surface area contributed by atoms with Crippen LogP contribution in [0.4, 0.5) is 5.69 Å². The van der Waals surface area contributed by atoms with Crippen LogP contribution in [0.5, 0.6) is 0 Å². The van der Waals surface area contributed by atoms with Crippen LogP contribution in [0.25, 0.3) is 0 Å². The lowest BCUT2D eigenvalue weighted by Gasteiger charge is -2.20. The number of terminal acetylenes is 1. The lowest BCUT2D eigenvalue weighted by molar-refractivity contribution is 0.445. The zero-order valence-electron chi connectivity index (χ0n) is 11.0. The summed E-state index contributed by atoms with van der Waals surface area (Å²) in [5.41, 5.74) is 6.78. The van der Waals surface area contributed by atoms with E-state index in [-0.39, 0.29) is 11.4 Å². The summed E-state index contributed by atoms with van der Waals surface area (Å²) in [7, 11) is -3.66. The van der Waals surface area contributed by atoms with Crippen molar-refractivity contribution >= 4 is 27.3 Å². The number of hydrogen-bond donors (Lipinski definition) is 1. The molecular weight excluding hydrogens is 284 g/mol. The molecule has 0 spiro atoms. The highest BCUT2D eigenvalue weighted by atomic mass is 35.5. The number of rotatable bonds is 5. The molecule has 1 aromatic carbocycles. The van der Waals surface area contributed by atoms with Gasteiger partial charge in [0.05, 0.1) is 11.4 Å². The summed E-state index contributed by atoms with van der Waals surface area (Å²) < 4.78 is 26.1. The minimum Gasteiger partial charge on any atom is -0.398 e. The Balaban J connectivity index is 3.30. The molecule has 0 saturated carbocycles. The quantitative estimate of drug-likeness (QED) is 0.670. The van der Waals surface area contributed by atoms with Crippen LogP contribution in [0.2, 0.25) is 5.02 Å². The van der Waals surface area contributed by atoms with Gasteiger partial charge in [0.1, 0.15) is 0 Å². The van der Waals surface area contributed by atoms with Gasteiger partial charge in [-0.1, -0.05) is 24.4 Å². The van der Waals surface area contributed by atoms with Gasteiger partial charge in [-0.2, -0.15) is 4.31 Å². The van der Waals surface area contributed by atoms with E-state index in [1.807, 2.05) is 6.92 Å². The van der Waals surface area contributed by atoms with Crippen molar-refractivity contribution in [2.24, 2.45) is 0 Å². The molecule has 0 radical (unpaired) electrons. The second-order valence-electron chi connectivity index (χ2n) is 4.16. The van der Waals surface area contributed by atoms with Crippen LogP contribution in [0.3, 0.4) is 0 Å². The maximum atomic E-state index is 12.4. The van der Waals surface area contributed by atoms with Crippen molar-refractivity contribution in [3.05, 3.63) is 22.7 Å². The number of nitrogen functional groups attached to an aromatic ring is 1. The molecule has 6 heteroatoms. The van der Waals surface area contributed by atoms with Gasteiger partial charge in [0.2, 0.25) is 10.0 Å². The van der Waals surface area contributed by atoms with E-state index in [0.717, 1.165) is 0 Å². The van der Waals surface area contributed by atoms with E-state index in [1.165, 1.54) is 16.4 Å². The Morgan fingerprint density at radius 3 is 2.58 bits per heavy atom. The highest BCUT2D eigenvalue weighted by Crippen LogP contribution is 2.27. The standard InChI is InChI=1S/C13H17ClN2O2S/c1-4-6-16(7-5-2)19(17,18)11-8-12(14)10(3)13(15)9-11/h1,8-9H,5-7,15H2,2-3H3.